The highest BCUT2D eigenvalue weighted by molar-refractivity contribution is 5.79. The molecule has 58 valence electrons. The molecule has 10 heavy (non-hydrogen) atoms. The van der Waals surface area contributed by atoms with Crippen LogP contribution in [0, 0.1) is 0 Å². The maximum Gasteiger partial charge on any atom is 0.234 e. The van der Waals surface area contributed by atoms with Crippen molar-refractivity contribution in [1.82, 2.24) is 5.32 Å². The lowest BCUT2D eigenvalue weighted by Gasteiger charge is -2.28. The molecule has 1 rings (SSSR count). The predicted octanol–water partition coefficient (Wildman–Crippen LogP) is -1.15. The summed E-state index contributed by atoms with van der Waals surface area (Å²) >= 11 is 0. The zero-order chi connectivity index (χ0) is 7.56. The van der Waals surface area contributed by atoms with Crippen molar-refractivity contribution >= 4 is 5.91 Å². The summed E-state index contributed by atoms with van der Waals surface area (Å²) in [5, 5.41) is 3.02. The fourth-order valence-corrected chi connectivity index (χ4v) is 0.768. The SMILES string of the molecule is CC(NC1COC1)C(N)=O. The van der Waals surface area contributed by atoms with Crippen LogP contribution in [-0.2, 0) is 9.53 Å². The molecule has 0 radical (unpaired) electrons. The Morgan fingerprint density at radius 3 is 2.70 bits per heavy atom. The number of hydrogen-bond donors (Lipinski definition) is 2. The second kappa shape index (κ2) is 2.98. The normalized spacial score (nSPS) is 21.7. The number of nitrogens with two attached hydrogens (primary N) is 1. The van der Waals surface area contributed by atoms with Crippen LogP contribution in [0.2, 0.25) is 0 Å². The van der Waals surface area contributed by atoms with Crippen molar-refractivity contribution in [2.75, 3.05) is 13.2 Å². The number of amides is 1. The molecule has 0 bridgehead atoms. The molecule has 0 spiro atoms. The Bertz CT molecular complexity index is 134. The van der Waals surface area contributed by atoms with Crippen molar-refractivity contribution in [3.8, 4) is 0 Å². The number of rotatable bonds is 3. The Morgan fingerprint density at radius 2 is 2.40 bits per heavy atom. The first-order valence-corrected chi connectivity index (χ1v) is 3.33. The van der Waals surface area contributed by atoms with Gasteiger partial charge in [0, 0.05) is 0 Å². The topological polar surface area (TPSA) is 64.3 Å². The van der Waals surface area contributed by atoms with Gasteiger partial charge in [-0.3, -0.25) is 10.1 Å². The molecule has 0 aromatic heterocycles. The van der Waals surface area contributed by atoms with E-state index >= 15 is 0 Å². The summed E-state index contributed by atoms with van der Waals surface area (Å²) in [7, 11) is 0. The standard InChI is InChI=1S/C6H12N2O2/c1-4(6(7)9)8-5-2-10-3-5/h4-5,8H,2-3H2,1H3,(H2,7,9). The molecule has 1 unspecified atom stereocenters. The van der Waals surface area contributed by atoms with Crippen LogP contribution in [0.15, 0.2) is 0 Å². The molecular weight excluding hydrogens is 132 g/mol. The maximum atomic E-state index is 10.5. The Balaban J connectivity index is 2.16. The molecule has 1 aliphatic rings. The van der Waals surface area contributed by atoms with Gasteiger partial charge >= 0.3 is 0 Å². The number of carbonyl (C=O) groups is 1. The molecule has 4 nitrogen and oxygen atoms in total. The summed E-state index contributed by atoms with van der Waals surface area (Å²) in [6, 6.07) is 0.0800. The van der Waals surface area contributed by atoms with Crippen LogP contribution in [0.3, 0.4) is 0 Å². The molecule has 3 N–H and O–H groups in total. The second-order valence-electron chi connectivity index (χ2n) is 2.53. The predicted molar refractivity (Wildman–Crippen MR) is 36.4 cm³/mol. The molecule has 1 saturated heterocycles. The van der Waals surface area contributed by atoms with Gasteiger partial charge < -0.3 is 10.5 Å². The maximum absolute atomic E-state index is 10.5. The summed E-state index contributed by atoms with van der Waals surface area (Å²) in [4.78, 5) is 10.5. The lowest BCUT2D eigenvalue weighted by molar-refractivity contribution is -0.120. The van der Waals surface area contributed by atoms with E-state index < -0.39 is 0 Å². The van der Waals surface area contributed by atoms with Crippen molar-refractivity contribution < 1.29 is 9.53 Å². The van der Waals surface area contributed by atoms with E-state index in [9.17, 15) is 4.79 Å². The van der Waals surface area contributed by atoms with Crippen molar-refractivity contribution in [3.05, 3.63) is 0 Å². The van der Waals surface area contributed by atoms with E-state index in [-0.39, 0.29) is 11.9 Å². The van der Waals surface area contributed by atoms with E-state index in [1.807, 2.05) is 0 Å². The first-order valence-electron chi connectivity index (χ1n) is 3.33. The minimum absolute atomic E-state index is 0.242. The minimum atomic E-state index is -0.313. The third-order valence-corrected chi connectivity index (χ3v) is 1.55. The highest BCUT2D eigenvalue weighted by Crippen LogP contribution is 2.00. The van der Waals surface area contributed by atoms with E-state index in [2.05, 4.69) is 5.32 Å². The van der Waals surface area contributed by atoms with E-state index in [4.69, 9.17) is 10.5 Å². The quantitative estimate of drug-likeness (QED) is 0.525. The first-order chi connectivity index (χ1) is 4.70. The zero-order valence-electron chi connectivity index (χ0n) is 5.96. The lowest BCUT2D eigenvalue weighted by Crippen LogP contribution is -2.53. The molecular formula is C6H12N2O2. The van der Waals surface area contributed by atoms with Crippen LogP contribution in [0.25, 0.3) is 0 Å². The van der Waals surface area contributed by atoms with Crippen LogP contribution in [0.4, 0.5) is 0 Å². The van der Waals surface area contributed by atoms with Gasteiger partial charge in [-0.2, -0.15) is 0 Å². The number of ether oxygens (including phenoxy) is 1. The van der Waals surface area contributed by atoms with Gasteiger partial charge in [0.25, 0.3) is 0 Å². The fraction of sp³-hybridized carbons (Fsp3) is 0.833. The highest BCUT2D eigenvalue weighted by atomic mass is 16.5. The van der Waals surface area contributed by atoms with Crippen molar-refractivity contribution in [1.29, 1.82) is 0 Å². The average molecular weight is 144 g/mol. The van der Waals surface area contributed by atoms with E-state index in [0.29, 0.717) is 19.3 Å². The van der Waals surface area contributed by atoms with Crippen molar-refractivity contribution in [2.24, 2.45) is 5.73 Å². The van der Waals surface area contributed by atoms with Crippen LogP contribution < -0.4 is 11.1 Å². The van der Waals surface area contributed by atoms with Crippen LogP contribution in [0.1, 0.15) is 6.92 Å². The zero-order valence-corrected chi connectivity index (χ0v) is 5.96. The summed E-state index contributed by atoms with van der Waals surface area (Å²) in [5.74, 6) is -0.313. The van der Waals surface area contributed by atoms with Crippen molar-refractivity contribution in [2.45, 2.75) is 19.0 Å². The monoisotopic (exact) mass is 144 g/mol. The largest absolute Gasteiger partial charge is 0.378 e. The summed E-state index contributed by atoms with van der Waals surface area (Å²) in [6.07, 6.45) is 0. The molecule has 1 heterocycles. The van der Waals surface area contributed by atoms with Crippen LogP contribution in [-0.4, -0.2) is 31.2 Å². The fourth-order valence-electron chi connectivity index (χ4n) is 0.768. The Kier molecular flexibility index (Phi) is 2.24. The smallest absolute Gasteiger partial charge is 0.234 e. The average Bonchev–Trinajstić information content (AvgIpc) is 1.77. The number of carbonyl (C=O) groups excluding carboxylic acids is 1. The first kappa shape index (κ1) is 7.50. The number of hydrogen-bond acceptors (Lipinski definition) is 3. The third kappa shape index (κ3) is 1.68. The Hall–Kier alpha value is -0.610. The Morgan fingerprint density at radius 1 is 1.80 bits per heavy atom. The third-order valence-electron chi connectivity index (χ3n) is 1.55. The number of nitrogens with one attached hydrogen (secondary N) is 1. The molecule has 1 amide bonds. The minimum Gasteiger partial charge on any atom is -0.378 e. The molecule has 0 aromatic rings. The number of primary amides is 1. The molecule has 1 fully saturated rings. The van der Waals surface area contributed by atoms with Gasteiger partial charge in [0.2, 0.25) is 5.91 Å². The second-order valence-corrected chi connectivity index (χ2v) is 2.53. The van der Waals surface area contributed by atoms with Gasteiger partial charge in [-0.15, -0.1) is 0 Å². The van der Waals surface area contributed by atoms with Gasteiger partial charge in [-0.25, -0.2) is 0 Å². The van der Waals surface area contributed by atoms with Crippen molar-refractivity contribution in [3.63, 3.8) is 0 Å². The lowest BCUT2D eigenvalue weighted by atomic mass is 10.2. The summed E-state index contributed by atoms with van der Waals surface area (Å²) in [6.45, 7) is 3.13. The summed E-state index contributed by atoms with van der Waals surface area (Å²) < 4.78 is 4.90. The molecule has 1 aliphatic heterocycles. The van der Waals surface area contributed by atoms with Crippen LogP contribution in [0.5, 0.6) is 0 Å². The summed E-state index contributed by atoms with van der Waals surface area (Å²) in [5.41, 5.74) is 5.02. The van der Waals surface area contributed by atoms with Crippen LogP contribution >= 0.6 is 0 Å². The van der Waals surface area contributed by atoms with Gasteiger partial charge in [0.1, 0.15) is 0 Å². The Labute approximate surface area is 59.7 Å². The molecule has 0 aliphatic carbocycles. The van der Waals surface area contributed by atoms with E-state index in [0.717, 1.165) is 0 Å². The van der Waals surface area contributed by atoms with E-state index in [1.54, 1.807) is 6.92 Å². The van der Waals surface area contributed by atoms with Gasteiger partial charge in [-0.1, -0.05) is 0 Å². The van der Waals surface area contributed by atoms with Gasteiger partial charge in [0.05, 0.1) is 25.3 Å². The molecule has 0 saturated carbocycles. The molecule has 0 aromatic carbocycles. The van der Waals surface area contributed by atoms with Gasteiger partial charge in [-0.05, 0) is 6.92 Å². The molecule has 1 atom stereocenters. The highest BCUT2D eigenvalue weighted by Gasteiger charge is 2.21. The molecule has 4 heteroatoms. The van der Waals surface area contributed by atoms with E-state index in [1.165, 1.54) is 0 Å². The van der Waals surface area contributed by atoms with Gasteiger partial charge in [0.15, 0.2) is 0 Å².